The first-order valence-corrected chi connectivity index (χ1v) is 5.57. The van der Waals surface area contributed by atoms with Gasteiger partial charge in [0.1, 0.15) is 6.26 Å². The van der Waals surface area contributed by atoms with Gasteiger partial charge < -0.3 is 8.98 Å². The summed E-state index contributed by atoms with van der Waals surface area (Å²) in [6.45, 7) is 9.81. The van der Waals surface area contributed by atoms with Crippen molar-refractivity contribution in [3.05, 3.63) is 37.1 Å². The van der Waals surface area contributed by atoms with Crippen LogP contribution < -0.4 is 0 Å². The van der Waals surface area contributed by atoms with E-state index in [2.05, 4.69) is 9.97 Å². The van der Waals surface area contributed by atoms with E-state index in [4.69, 9.17) is 4.42 Å². The highest BCUT2D eigenvalue weighted by molar-refractivity contribution is 4.72. The molecule has 0 bridgehead atoms. The van der Waals surface area contributed by atoms with Crippen LogP contribution in [-0.2, 0) is 7.05 Å². The zero-order chi connectivity index (χ0) is 12.8. The van der Waals surface area contributed by atoms with Crippen LogP contribution in [0.1, 0.15) is 33.6 Å². The third-order valence-corrected chi connectivity index (χ3v) is 1.19. The lowest BCUT2D eigenvalue weighted by Gasteiger charge is -1.76. The van der Waals surface area contributed by atoms with E-state index in [1.165, 1.54) is 0 Å². The van der Waals surface area contributed by atoms with Crippen molar-refractivity contribution < 1.29 is 4.42 Å². The smallest absolute Gasteiger partial charge is 0.190 e. The van der Waals surface area contributed by atoms with Crippen LogP contribution in [0.15, 0.2) is 35.6 Å². The minimum Gasteiger partial charge on any atom is -0.449 e. The summed E-state index contributed by atoms with van der Waals surface area (Å²) < 4.78 is 6.61. The minimum atomic E-state index is 0.718. The summed E-state index contributed by atoms with van der Waals surface area (Å²) in [6.07, 6.45) is 8.56. The van der Waals surface area contributed by atoms with Gasteiger partial charge in [-0.05, 0) is 0 Å². The normalized spacial score (nSPS) is 7.38. The van der Waals surface area contributed by atoms with Gasteiger partial charge in [0, 0.05) is 26.4 Å². The second-order valence-corrected chi connectivity index (χ2v) is 2.28. The maximum Gasteiger partial charge on any atom is 0.190 e. The van der Waals surface area contributed by atoms with Crippen molar-refractivity contribution in [2.75, 3.05) is 0 Å². The van der Waals surface area contributed by atoms with Crippen molar-refractivity contribution in [2.24, 2.45) is 7.05 Å². The lowest BCUT2D eigenvalue weighted by Crippen LogP contribution is -1.76. The summed E-state index contributed by atoms with van der Waals surface area (Å²) >= 11 is 0. The van der Waals surface area contributed by atoms with Crippen molar-refractivity contribution in [1.82, 2.24) is 14.5 Å². The predicted molar refractivity (Wildman–Crippen MR) is 67.1 cm³/mol. The molecule has 92 valence electrons. The third-order valence-electron chi connectivity index (χ3n) is 1.19. The molecule has 2 aromatic rings. The fourth-order valence-corrected chi connectivity index (χ4v) is 0.621. The molecule has 0 amide bonds. The van der Waals surface area contributed by atoms with Gasteiger partial charge in [-0.25, -0.2) is 9.97 Å². The molecule has 16 heavy (non-hydrogen) atoms. The van der Waals surface area contributed by atoms with E-state index in [-0.39, 0.29) is 0 Å². The van der Waals surface area contributed by atoms with Crippen LogP contribution in [0, 0.1) is 6.92 Å². The molecule has 0 saturated carbocycles. The standard InChI is InChI=1S/C4H6N2.C4H5NO.2C2H6/c1-6-3-2-5-4-6;1-4-5-2-3-6-4;2*1-2/h2-4H,1H3;2-3H,1H3;2*1-2H3. The average molecular weight is 225 g/mol. The van der Waals surface area contributed by atoms with E-state index in [9.17, 15) is 0 Å². The van der Waals surface area contributed by atoms with Crippen LogP contribution in [-0.4, -0.2) is 14.5 Å². The van der Waals surface area contributed by atoms with Gasteiger partial charge in [0.2, 0.25) is 0 Å². The van der Waals surface area contributed by atoms with Crippen LogP contribution in [0.5, 0.6) is 0 Å². The van der Waals surface area contributed by atoms with Gasteiger partial charge in [0.15, 0.2) is 5.89 Å². The summed E-state index contributed by atoms with van der Waals surface area (Å²) in [4.78, 5) is 7.53. The molecule has 4 heteroatoms. The van der Waals surface area contributed by atoms with Gasteiger partial charge in [-0.3, -0.25) is 0 Å². The van der Waals surface area contributed by atoms with E-state index in [0.29, 0.717) is 0 Å². The predicted octanol–water partition coefficient (Wildman–Crippen LogP) is 3.46. The maximum atomic E-state index is 4.72. The molecule has 0 aliphatic heterocycles. The summed E-state index contributed by atoms with van der Waals surface area (Å²) in [7, 11) is 1.94. The molecule has 0 saturated heterocycles. The van der Waals surface area contributed by atoms with Gasteiger partial charge in [-0.2, -0.15) is 0 Å². The Morgan fingerprint density at radius 2 is 1.75 bits per heavy atom. The molecule has 0 N–H and O–H groups in total. The average Bonchev–Trinajstić information content (AvgIpc) is 2.98. The number of aryl methyl sites for hydroxylation is 2. The van der Waals surface area contributed by atoms with Crippen LogP contribution >= 0.6 is 0 Å². The molecule has 2 rings (SSSR count). The minimum absolute atomic E-state index is 0.718. The van der Waals surface area contributed by atoms with Gasteiger partial charge in [-0.1, -0.05) is 27.7 Å². The first-order chi connectivity index (χ1) is 7.79. The molecular weight excluding hydrogens is 202 g/mol. The van der Waals surface area contributed by atoms with Gasteiger partial charge >= 0.3 is 0 Å². The second-order valence-electron chi connectivity index (χ2n) is 2.28. The molecule has 0 unspecified atom stereocenters. The molecule has 2 aromatic heterocycles. The summed E-state index contributed by atoms with van der Waals surface area (Å²) in [5.74, 6) is 0.718. The number of oxazole rings is 1. The Bertz CT molecular complexity index is 256. The van der Waals surface area contributed by atoms with Crippen LogP contribution in [0.25, 0.3) is 0 Å². The monoisotopic (exact) mass is 225 g/mol. The molecule has 2 heterocycles. The number of aromatic nitrogens is 3. The molecule has 0 atom stereocenters. The largest absolute Gasteiger partial charge is 0.449 e. The molecule has 0 aliphatic rings. The van der Waals surface area contributed by atoms with Crippen molar-refractivity contribution in [3.63, 3.8) is 0 Å². The first-order valence-electron chi connectivity index (χ1n) is 5.57. The van der Waals surface area contributed by atoms with E-state index in [0.717, 1.165) is 5.89 Å². The van der Waals surface area contributed by atoms with Crippen LogP contribution in [0.3, 0.4) is 0 Å². The van der Waals surface area contributed by atoms with E-state index in [1.807, 2.05) is 45.5 Å². The van der Waals surface area contributed by atoms with Crippen LogP contribution in [0.2, 0.25) is 0 Å². The van der Waals surface area contributed by atoms with Crippen molar-refractivity contribution in [1.29, 1.82) is 0 Å². The quantitative estimate of drug-likeness (QED) is 0.689. The van der Waals surface area contributed by atoms with Crippen LogP contribution in [0.4, 0.5) is 0 Å². The lowest BCUT2D eigenvalue weighted by molar-refractivity contribution is 0.521. The number of rotatable bonds is 0. The molecule has 0 radical (unpaired) electrons. The Morgan fingerprint density at radius 3 is 1.88 bits per heavy atom. The Balaban J connectivity index is 0. The molecular formula is C12H23N3O. The third kappa shape index (κ3) is 10.5. The number of hydrogen-bond acceptors (Lipinski definition) is 3. The summed E-state index contributed by atoms with van der Waals surface area (Å²) in [6, 6.07) is 0. The highest BCUT2D eigenvalue weighted by Gasteiger charge is 1.77. The van der Waals surface area contributed by atoms with E-state index < -0.39 is 0 Å². The highest BCUT2D eigenvalue weighted by Crippen LogP contribution is 1.86. The van der Waals surface area contributed by atoms with Gasteiger partial charge in [0.25, 0.3) is 0 Å². The Labute approximate surface area is 98.3 Å². The van der Waals surface area contributed by atoms with Crippen molar-refractivity contribution in [3.8, 4) is 0 Å². The topological polar surface area (TPSA) is 43.9 Å². The zero-order valence-corrected chi connectivity index (χ0v) is 11.1. The van der Waals surface area contributed by atoms with E-state index in [1.54, 1.807) is 31.9 Å². The lowest BCUT2D eigenvalue weighted by atomic mass is 10.8. The Morgan fingerprint density at radius 1 is 1.12 bits per heavy atom. The number of nitrogens with zero attached hydrogens (tertiary/aromatic N) is 3. The van der Waals surface area contributed by atoms with Gasteiger partial charge in [-0.15, -0.1) is 0 Å². The Kier molecular flexibility index (Phi) is 14.1. The van der Waals surface area contributed by atoms with Gasteiger partial charge in [0.05, 0.1) is 12.5 Å². The fourth-order valence-electron chi connectivity index (χ4n) is 0.621. The number of hydrogen-bond donors (Lipinski definition) is 0. The maximum absolute atomic E-state index is 4.72. The fraction of sp³-hybridized carbons (Fsp3) is 0.500. The second kappa shape index (κ2) is 13.4. The summed E-state index contributed by atoms with van der Waals surface area (Å²) in [5, 5.41) is 0. The number of imidazole rings is 1. The summed E-state index contributed by atoms with van der Waals surface area (Å²) in [5.41, 5.74) is 0. The van der Waals surface area contributed by atoms with E-state index >= 15 is 0 Å². The first kappa shape index (κ1) is 16.8. The SMILES string of the molecule is CC.CC.Cc1ncco1.Cn1ccnc1. The van der Waals surface area contributed by atoms with Crippen molar-refractivity contribution in [2.45, 2.75) is 34.6 Å². The Hall–Kier alpha value is -1.58. The molecule has 4 nitrogen and oxygen atoms in total. The molecule has 0 spiro atoms. The zero-order valence-electron chi connectivity index (χ0n) is 11.1. The van der Waals surface area contributed by atoms with Crippen molar-refractivity contribution >= 4 is 0 Å². The molecule has 0 fully saturated rings. The highest BCUT2D eigenvalue weighted by atomic mass is 16.3. The molecule has 0 aromatic carbocycles. The molecule has 0 aliphatic carbocycles.